The van der Waals surface area contributed by atoms with E-state index in [0.29, 0.717) is 0 Å². The van der Waals surface area contributed by atoms with Gasteiger partial charge in [0.2, 0.25) is 0 Å². The molecular weight excluding hydrogens is 224 g/mol. The fraction of sp³-hybridized carbons (Fsp3) is 0.812. The average molecular weight is 253 g/mol. The third-order valence-electron chi connectivity index (χ3n) is 3.23. The first-order chi connectivity index (χ1) is 8.77. The van der Waals surface area contributed by atoms with Crippen molar-refractivity contribution in [1.82, 2.24) is 0 Å². The first-order valence-electron chi connectivity index (χ1n) is 7.65. The molecule has 0 aromatic carbocycles. The van der Waals surface area contributed by atoms with Crippen LogP contribution < -0.4 is 5.11 Å². The SMILES string of the molecule is CCCCCCCCCCCCC/C=C\C(=O)[O-]. The molecule has 0 aromatic rings. The smallest absolute Gasteiger partial charge is 0.0639 e. The number of carboxylic acid groups (broad SMARTS) is 1. The molecule has 2 nitrogen and oxygen atoms in total. The molecule has 0 saturated carbocycles. The van der Waals surface area contributed by atoms with E-state index in [1.54, 1.807) is 6.08 Å². The lowest BCUT2D eigenvalue weighted by Gasteiger charge is -2.01. The minimum absolute atomic E-state index is 0.866. The molecule has 0 atom stereocenters. The summed E-state index contributed by atoms with van der Waals surface area (Å²) in [6.07, 6.45) is 18.3. The molecule has 0 heterocycles. The van der Waals surface area contributed by atoms with Crippen LogP contribution in [0.1, 0.15) is 84.0 Å². The molecule has 0 saturated heterocycles. The number of carbonyl (C=O) groups is 1. The molecule has 0 unspecified atom stereocenters. The molecule has 0 spiro atoms. The van der Waals surface area contributed by atoms with Gasteiger partial charge in [0.05, 0.1) is 5.97 Å². The molecule has 0 fully saturated rings. The van der Waals surface area contributed by atoms with E-state index in [1.807, 2.05) is 0 Å². The first-order valence-corrected chi connectivity index (χ1v) is 7.65. The van der Waals surface area contributed by atoms with E-state index in [9.17, 15) is 9.90 Å². The highest BCUT2D eigenvalue weighted by Crippen LogP contribution is 2.11. The van der Waals surface area contributed by atoms with E-state index in [-0.39, 0.29) is 0 Å². The highest BCUT2D eigenvalue weighted by Gasteiger charge is 1.92. The van der Waals surface area contributed by atoms with Gasteiger partial charge in [-0.2, -0.15) is 0 Å². The lowest BCUT2D eigenvalue weighted by atomic mass is 10.1. The van der Waals surface area contributed by atoms with Crippen LogP contribution in [0, 0.1) is 0 Å². The van der Waals surface area contributed by atoms with E-state index in [4.69, 9.17) is 0 Å². The van der Waals surface area contributed by atoms with Gasteiger partial charge in [-0.25, -0.2) is 0 Å². The zero-order chi connectivity index (χ0) is 13.5. The Labute approximate surface area is 112 Å². The van der Waals surface area contributed by atoms with Crippen LogP contribution in [-0.4, -0.2) is 5.97 Å². The van der Waals surface area contributed by atoms with E-state index in [1.165, 1.54) is 64.2 Å². The maximum Gasteiger partial charge on any atom is 0.0639 e. The first kappa shape index (κ1) is 17.2. The topological polar surface area (TPSA) is 40.1 Å². The number of unbranched alkanes of at least 4 members (excludes halogenated alkanes) is 11. The molecule has 0 bridgehead atoms. The third-order valence-corrected chi connectivity index (χ3v) is 3.23. The summed E-state index contributed by atoms with van der Waals surface area (Å²) in [4.78, 5) is 10.1. The summed E-state index contributed by atoms with van der Waals surface area (Å²) >= 11 is 0. The third kappa shape index (κ3) is 15.2. The fourth-order valence-electron chi connectivity index (χ4n) is 2.11. The second kappa shape index (κ2) is 14.3. The van der Waals surface area contributed by atoms with Gasteiger partial charge in [0, 0.05) is 0 Å². The van der Waals surface area contributed by atoms with Crippen molar-refractivity contribution in [1.29, 1.82) is 0 Å². The summed E-state index contributed by atoms with van der Waals surface area (Å²) in [5, 5.41) is 10.1. The number of carbonyl (C=O) groups excluding carboxylic acids is 1. The van der Waals surface area contributed by atoms with E-state index in [2.05, 4.69) is 6.92 Å². The van der Waals surface area contributed by atoms with Crippen molar-refractivity contribution >= 4 is 5.97 Å². The van der Waals surface area contributed by atoms with Crippen LogP contribution in [0.5, 0.6) is 0 Å². The Bertz CT molecular complexity index is 209. The summed E-state index contributed by atoms with van der Waals surface area (Å²) in [6.45, 7) is 2.25. The van der Waals surface area contributed by atoms with Crippen LogP contribution in [0.15, 0.2) is 12.2 Å². The molecule has 0 aliphatic carbocycles. The highest BCUT2D eigenvalue weighted by molar-refractivity contribution is 5.77. The molecule has 18 heavy (non-hydrogen) atoms. The summed E-state index contributed by atoms with van der Waals surface area (Å²) in [5.41, 5.74) is 0. The average Bonchev–Trinajstić information content (AvgIpc) is 2.34. The van der Waals surface area contributed by atoms with Gasteiger partial charge in [0.15, 0.2) is 0 Å². The molecule has 0 radical (unpaired) electrons. The maximum atomic E-state index is 10.1. The van der Waals surface area contributed by atoms with Gasteiger partial charge in [-0.15, -0.1) is 0 Å². The van der Waals surface area contributed by atoms with E-state index < -0.39 is 5.97 Å². The summed E-state index contributed by atoms with van der Waals surface area (Å²) in [7, 11) is 0. The zero-order valence-corrected chi connectivity index (χ0v) is 12.0. The summed E-state index contributed by atoms with van der Waals surface area (Å²) in [5.74, 6) is -1.09. The van der Waals surface area contributed by atoms with Gasteiger partial charge in [-0.3, -0.25) is 0 Å². The molecule has 0 N–H and O–H groups in total. The molecular formula is C16H29O2-. The van der Waals surface area contributed by atoms with Crippen LogP contribution in [0.3, 0.4) is 0 Å². The summed E-state index contributed by atoms with van der Waals surface area (Å²) in [6, 6.07) is 0. The molecule has 0 aliphatic heterocycles. The molecule has 0 amide bonds. The fourth-order valence-corrected chi connectivity index (χ4v) is 2.11. The Morgan fingerprint density at radius 2 is 1.28 bits per heavy atom. The van der Waals surface area contributed by atoms with Crippen molar-refractivity contribution in [3.63, 3.8) is 0 Å². The lowest BCUT2D eigenvalue weighted by Crippen LogP contribution is -2.18. The normalized spacial score (nSPS) is 11.2. The summed E-state index contributed by atoms with van der Waals surface area (Å²) < 4.78 is 0. The lowest BCUT2D eigenvalue weighted by molar-refractivity contribution is -0.297. The molecule has 0 aromatic heterocycles. The van der Waals surface area contributed by atoms with Gasteiger partial charge in [0.25, 0.3) is 0 Å². The van der Waals surface area contributed by atoms with Gasteiger partial charge < -0.3 is 9.90 Å². The number of hydrogen-bond donors (Lipinski definition) is 0. The van der Waals surface area contributed by atoms with Gasteiger partial charge in [-0.1, -0.05) is 77.2 Å². The minimum Gasteiger partial charge on any atom is -0.545 e. The van der Waals surface area contributed by atoms with Crippen molar-refractivity contribution in [3.05, 3.63) is 12.2 Å². The van der Waals surface area contributed by atoms with Crippen molar-refractivity contribution in [2.24, 2.45) is 0 Å². The van der Waals surface area contributed by atoms with Gasteiger partial charge in [0.1, 0.15) is 0 Å². The van der Waals surface area contributed by atoms with Gasteiger partial charge in [-0.05, 0) is 18.9 Å². The number of hydrogen-bond acceptors (Lipinski definition) is 2. The van der Waals surface area contributed by atoms with Crippen LogP contribution in [0.25, 0.3) is 0 Å². The number of aliphatic carboxylic acids is 1. The Balaban J connectivity index is 3.01. The molecule has 2 heteroatoms. The number of carboxylic acids is 1. The van der Waals surface area contributed by atoms with Crippen molar-refractivity contribution in [2.45, 2.75) is 84.0 Å². The molecule has 106 valence electrons. The van der Waals surface area contributed by atoms with Gasteiger partial charge >= 0.3 is 0 Å². The number of allylic oxidation sites excluding steroid dienone is 1. The van der Waals surface area contributed by atoms with Crippen molar-refractivity contribution in [3.8, 4) is 0 Å². The Morgan fingerprint density at radius 3 is 1.72 bits per heavy atom. The van der Waals surface area contributed by atoms with Crippen LogP contribution in [0.4, 0.5) is 0 Å². The predicted molar refractivity (Wildman–Crippen MR) is 75.2 cm³/mol. The zero-order valence-electron chi connectivity index (χ0n) is 12.0. The van der Waals surface area contributed by atoms with E-state index >= 15 is 0 Å². The van der Waals surface area contributed by atoms with Crippen LogP contribution in [0.2, 0.25) is 0 Å². The Hall–Kier alpha value is -0.790. The van der Waals surface area contributed by atoms with Crippen molar-refractivity contribution in [2.75, 3.05) is 0 Å². The van der Waals surface area contributed by atoms with Crippen LogP contribution in [-0.2, 0) is 4.79 Å². The second-order valence-electron chi connectivity index (χ2n) is 5.05. The quantitative estimate of drug-likeness (QED) is 0.368. The standard InChI is InChI=1S/C16H30O2/c1-2-3-4-5-6-7-8-9-10-11-12-13-14-15-16(17)18/h14-15H,2-13H2,1H3,(H,17,18)/p-1/b15-14-. The molecule has 0 rings (SSSR count). The number of rotatable bonds is 13. The Morgan fingerprint density at radius 1 is 0.833 bits per heavy atom. The van der Waals surface area contributed by atoms with Crippen molar-refractivity contribution < 1.29 is 9.90 Å². The second-order valence-corrected chi connectivity index (χ2v) is 5.05. The predicted octanol–water partition coefficient (Wildman–Crippen LogP) is 3.99. The van der Waals surface area contributed by atoms with Crippen LogP contribution >= 0.6 is 0 Å². The molecule has 0 aliphatic rings. The highest BCUT2D eigenvalue weighted by atomic mass is 16.4. The maximum absolute atomic E-state index is 10.1. The monoisotopic (exact) mass is 253 g/mol. The largest absolute Gasteiger partial charge is 0.545 e. The van der Waals surface area contributed by atoms with E-state index in [0.717, 1.165) is 18.9 Å². The minimum atomic E-state index is -1.09. The Kier molecular flexibility index (Phi) is 13.6.